The van der Waals surface area contributed by atoms with E-state index in [2.05, 4.69) is 15.5 Å². The van der Waals surface area contributed by atoms with Gasteiger partial charge in [0.15, 0.2) is 5.82 Å². The molecule has 7 heteroatoms. The van der Waals surface area contributed by atoms with Gasteiger partial charge in [-0.2, -0.15) is 0 Å². The van der Waals surface area contributed by atoms with Crippen LogP contribution in [0.5, 0.6) is 0 Å². The quantitative estimate of drug-likeness (QED) is 0.508. The molecule has 6 nitrogen and oxygen atoms in total. The van der Waals surface area contributed by atoms with Crippen LogP contribution in [0.4, 0.5) is 0 Å². The molecule has 1 aliphatic carbocycles. The maximum atomic E-state index is 12.8. The van der Waals surface area contributed by atoms with Crippen molar-refractivity contribution in [3.63, 3.8) is 0 Å². The first-order valence-corrected chi connectivity index (χ1v) is 9.79. The molecule has 1 saturated carbocycles. The molecule has 1 fully saturated rings. The highest BCUT2D eigenvalue weighted by Gasteiger charge is 2.30. The van der Waals surface area contributed by atoms with Crippen LogP contribution in [0.15, 0.2) is 59.8 Å². The Morgan fingerprint density at radius 2 is 1.85 bits per heavy atom. The van der Waals surface area contributed by atoms with Crippen molar-refractivity contribution in [3.8, 4) is 11.4 Å². The van der Waals surface area contributed by atoms with Gasteiger partial charge in [-0.05, 0) is 25.3 Å². The lowest BCUT2D eigenvalue weighted by Gasteiger charge is -2.16. The monoisotopic (exact) mass is 379 g/mol. The number of carbonyl (C=O) groups is 1. The Kier molecular flexibility index (Phi) is 4.85. The second-order valence-corrected chi connectivity index (χ2v) is 7.81. The third-order valence-electron chi connectivity index (χ3n) is 4.46. The molecule has 4 rings (SSSR count). The van der Waals surface area contributed by atoms with E-state index in [0.29, 0.717) is 17.0 Å². The zero-order chi connectivity index (χ0) is 18.8. The maximum Gasteiger partial charge on any atom is 0.238 e. The Morgan fingerprint density at radius 1 is 1.15 bits per heavy atom. The van der Waals surface area contributed by atoms with Crippen LogP contribution in [0, 0.1) is 6.92 Å². The van der Waals surface area contributed by atoms with Crippen LogP contribution < -0.4 is 11.2 Å². The highest BCUT2D eigenvalue weighted by atomic mass is 32.2. The minimum atomic E-state index is -0.427. The first-order chi connectivity index (χ1) is 13.1. The Labute approximate surface area is 162 Å². The molecule has 1 aromatic heterocycles. The van der Waals surface area contributed by atoms with Crippen LogP contribution in [0.1, 0.15) is 29.2 Å². The molecule has 1 atom stereocenters. The number of nitrogens with zero attached hydrogens (tertiary/aromatic N) is 3. The molecule has 27 heavy (non-hydrogen) atoms. The van der Waals surface area contributed by atoms with Crippen molar-refractivity contribution in [2.75, 3.05) is 5.84 Å². The zero-order valence-corrected chi connectivity index (χ0v) is 15.8. The second kappa shape index (κ2) is 7.44. The normalized spacial score (nSPS) is 14.7. The Balaban J connectivity index is 1.61. The molecule has 0 spiro atoms. The Hall–Kier alpha value is -2.80. The summed E-state index contributed by atoms with van der Waals surface area (Å²) < 4.78 is 1.45. The number of hydrogen-bond acceptors (Lipinski definition) is 5. The average molecular weight is 379 g/mol. The number of nitrogens with one attached hydrogen (secondary N) is 1. The van der Waals surface area contributed by atoms with Gasteiger partial charge in [-0.15, -0.1) is 10.2 Å². The fourth-order valence-electron chi connectivity index (χ4n) is 2.77. The molecule has 0 radical (unpaired) electrons. The Morgan fingerprint density at radius 3 is 2.52 bits per heavy atom. The van der Waals surface area contributed by atoms with Crippen LogP contribution in [0.3, 0.4) is 0 Å². The highest BCUT2D eigenvalue weighted by Crippen LogP contribution is 2.36. The maximum absolute atomic E-state index is 12.8. The van der Waals surface area contributed by atoms with Crippen molar-refractivity contribution in [2.24, 2.45) is 0 Å². The third kappa shape index (κ3) is 3.98. The van der Waals surface area contributed by atoms with Gasteiger partial charge in [0.25, 0.3) is 0 Å². The number of carbonyl (C=O) groups excluding carboxylic acids is 1. The summed E-state index contributed by atoms with van der Waals surface area (Å²) in [6.07, 6.45) is 2.09. The second-order valence-electron chi connectivity index (χ2n) is 6.73. The molecule has 0 saturated heterocycles. The van der Waals surface area contributed by atoms with E-state index in [1.165, 1.54) is 16.4 Å². The molecule has 1 heterocycles. The number of amides is 1. The van der Waals surface area contributed by atoms with Gasteiger partial charge >= 0.3 is 0 Å². The van der Waals surface area contributed by atoms with E-state index in [0.717, 1.165) is 29.5 Å². The minimum absolute atomic E-state index is 0.0198. The molecule has 138 valence electrons. The fourth-order valence-corrected chi connectivity index (χ4v) is 3.73. The predicted molar refractivity (Wildman–Crippen MR) is 107 cm³/mol. The van der Waals surface area contributed by atoms with Crippen molar-refractivity contribution in [1.82, 2.24) is 20.2 Å². The van der Waals surface area contributed by atoms with Crippen LogP contribution in [0.25, 0.3) is 11.4 Å². The lowest BCUT2D eigenvalue weighted by atomic mass is 10.1. The zero-order valence-electron chi connectivity index (χ0n) is 15.0. The Bertz CT molecular complexity index is 935. The van der Waals surface area contributed by atoms with E-state index in [-0.39, 0.29) is 5.91 Å². The molecule has 0 unspecified atom stereocenters. The highest BCUT2D eigenvalue weighted by molar-refractivity contribution is 8.00. The minimum Gasteiger partial charge on any atom is -0.352 e. The van der Waals surface area contributed by atoms with E-state index in [1.807, 2.05) is 61.5 Å². The van der Waals surface area contributed by atoms with E-state index in [1.54, 1.807) is 0 Å². The number of nitrogen functional groups attached to an aromatic ring is 1. The van der Waals surface area contributed by atoms with Gasteiger partial charge in [0, 0.05) is 11.6 Å². The molecule has 3 aromatic rings. The topological polar surface area (TPSA) is 85.8 Å². The van der Waals surface area contributed by atoms with E-state index in [4.69, 9.17) is 5.84 Å². The summed E-state index contributed by atoms with van der Waals surface area (Å²) in [4.78, 5) is 12.8. The lowest BCUT2D eigenvalue weighted by Crippen LogP contribution is -2.30. The van der Waals surface area contributed by atoms with E-state index in [9.17, 15) is 4.79 Å². The van der Waals surface area contributed by atoms with Gasteiger partial charge in [-0.1, -0.05) is 71.9 Å². The van der Waals surface area contributed by atoms with Crippen molar-refractivity contribution < 1.29 is 4.79 Å². The molecule has 0 bridgehead atoms. The molecule has 0 aliphatic heterocycles. The summed E-state index contributed by atoms with van der Waals surface area (Å²) in [7, 11) is 0. The largest absolute Gasteiger partial charge is 0.352 e. The fraction of sp³-hybridized carbons (Fsp3) is 0.250. The smallest absolute Gasteiger partial charge is 0.238 e. The summed E-state index contributed by atoms with van der Waals surface area (Å²) in [5.41, 5.74) is 2.97. The molecule has 1 amide bonds. The van der Waals surface area contributed by atoms with Gasteiger partial charge < -0.3 is 11.2 Å². The van der Waals surface area contributed by atoms with Gasteiger partial charge in [0.1, 0.15) is 5.25 Å². The SMILES string of the molecule is Cc1ccc(-c2nnc(S[C@@H](C(=O)NC3CC3)c3ccccc3)n2N)cc1. The summed E-state index contributed by atoms with van der Waals surface area (Å²) in [6, 6.07) is 17.9. The van der Waals surface area contributed by atoms with Crippen LogP contribution in [-0.2, 0) is 4.79 Å². The van der Waals surface area contributed by atoms with E-state index < -0.39 is 5.25 Å². The first-order valence-electron chi connectivity index (χ1n) is 8.91. The summed E-state index contributed by atoms with van der Waals surface area (Å²) in [5.74, 6) is 6.81. The molecular weight excluding hydrogens is 358 g/mol. The lowest BCUT2D eigenvalue weighted by molar-refractivity contribution is -0.120. The van der Waals surface area contributed by atoms with Crippen LogP contribution in [-0.4, -0.2) is 26.8 Å². The number of aryl methyl sites for hydroxylation is 1. The number of aromatic nitrogens is 3. The van der Waals surface area contributed by atoms with Gasteiger partial charge in [0.05, 0.1) is 0 Å². The molecule has 2 aromatic carbocycles. The van der Waals surface area contributed by atoms with Gasteiger partial charge in [0.2, 0.25) is 11.1 Å². The van der Waals surface area contributed by atoms with Crippen molar-refractivity contribution in [1.29, 1.82) is 0 Å². The van der Waals surface area contributed by atoms with Crippen LogP contribution >= 0.6 is 11.8 Å². The number of hydrogen-bond donors (Lipinski definition) is 2. The number of nitrogens with two attached hydrogens (primary N) is 1. The molecule has 1 aliphatic rings. The van der Waals surface area contributed by atoms with Crippen molar-refractivity contribution in [3.05, 3.63) is 65.7 Å². The molecular formula is C20H21N5OS. The average Bonchev–Trinajstić information content (AvgIpc) is 3.42. The van der Waals surface area contributed by atoms with E-state index >= 15 is 0 Å². The van der Waals surface area contributed by atoms with Gasteiger partial charge in [-0.3, -0.25) is 4.79 Å². The van der Waals surface area contributed by atoms with Crippen LogP contribution in [0.2, 0.25) is 0 Å². The number of rotatable bonds is 6. The summed E-state index contributed by atoms with van der Waals surface area (Å²) in [6.45, 7) is 2.03. The number of benzene rings is 2. The summed E-state index contributed by atoms with van der Waals surface area (Å²) >= 11 is 1.32. The predicted octanol–water partition coefficient (Wildman–Crippen LogP) is 3.08. The summed E-state index contributed by atoms with van der Waals surface area (Å²) in [5, 5.41) is 11.6. The van der Waals surface area contributed by atoms with Crippen molar-refractivity contribution >= 4 is 17.7 Å². The van der Waals surface area contributed by atoms with Gasteiger partial charge in [-0.25, -0.2) is 4.68 Å². The standard InChI is InChI=1S/C20H21N5OS/c1-13-7-9-15(10-8-13)18-23-24-20(25(18)21)27-17(14-5-3-2-4-6-14)19(26)22-16-11-12-16/h2-10,16-17H,11-12,21H2,1H3,(H,22,26)/t17-/m1/s1. The first kappa shape index (κ1) is 17.6. The number of thioether (sulfide) groups is 1. The molecule has 3 N–H and O–H groups in total. The van der Waals surface area contributed by atoms with Crippen molar-refractivity contribution in [2.45, 2.75) is 36.2 Å². The third-order valence-corrected chi connectivity index (χ3v) is 5.67.